The van der Waals surface area contributed by atoms with Crippen LogP contribution in [0.15, 0.2) is 24.3 Å². The van der Waals surface area contributed by atoms with Gasteiger partial charge in [0.2, 0.25) is 11.8 Å². The Morgan fingerprint density at radius 1 is 1.14 bits per heavy atom. The number of amides is 2. The van der Waals surface area contributed by atoms with E-state index in [2.05, 4.69) is 56.9 Å². The van der Waals surface area contributed by atoms with Gasteiger partial charge in [0.25, 0.3) is 0 Å². The molecule has 0 saturated carbocycles. The summed E-state index contributed by atoms with van der Waals surface area (Å²) in [5, 5.41) is 0. The maximum atomic E-state index is 13.4. The molecule has 0 bridgehead atoms. The maximum Gasteiger partial charge on any atom is 0.226 e. The number of hydrogen-bond donors (Lipinski definition) is 1. The quantitative estimate of drug-likeness (QED) is 0.741. The number of nitrogens with zero attached hydrogens (tertiary/aromatic N) is 2. The van der Waals surface area contributed by atoms with E-state index in [0.717, 1.165) is 13.0 Å². The lowest BCUT2D eigenvalue weighted by Crippen LogP contribution is -2.56. The summed E-state index contributed by atoms with van der Waals surface area (Å²) >= 11 is 0. The van der Waals surface area contributed by atoms with Crippen molar-refractivity contribution in [3.05, 3.63) is 29.8 Å². The van der Waals surface area contributed by atoms with Crippen LogP contribution in [0.3, 0.4) is 0 Å². The van der Waals surface area contributed by atoms with Crippen molar-refractivity contribution in [3.63, 3.8) is 0 Å². The van der Waals surface area contributed by atoms with Gasteiger partial charge in [0.05, 0.1) is 0 Å². The third kappa shape index (κ3) is 5.49. The van der Waals surface area contributed by atoms with Crippen LogP contribution in [0.5, 0.6) is 0 Å². The Kier molecular flexibility index (Phi) is 7.90. The number of piperazine rings is 1. The van der Waals surface area contributed by atoms with Gasteiger partial charge in [-0.15, -0.1) is 0 Å². The van der Waals surface area contributed by atoms with Gasteiger partial charge in [0.1, 0.15) is 0 Å². The molecule has 1 aliphatic heterocycles. The molecule has 2 amide bonds. The first-order chi connectivity index (χ1) is 13.2. The van der Waals surface area contributed by atoms with Gasteiger partial charge in [0.15, 0.2) is 0 Å². The van der Waals surface area contributed by atoms with Crippen LogP contribution < -0.4 is 10.6 Å². The van der Waals surface area contributed by atoms with Gasteiger partial charge in [-0.25, -0.2) is 0 Å². The lowest BCUT2D eigenvalue weighted by Gasteiger charge is -2.43. The van der Waals surface area contributed by atoms with E-state index in [0.29, 0.717) is 31.8 Å². The monoisotopic (exact) mass is 387 g/mol. The number of carbonyl (C=O) groups is 2. The fraction of sp³-hybridized carbons (Fsp3) is 0.652. The van der Waals surface area contributed by atoms with E-state index in [1.165, 1.54) is 11.3 Å². The lowest BCUT2D eigenvalue weighted by molar-refractivity contribution is -0.142. The van der Waals surface area contributed by atoms with Crippen molar-refractivity contribution in [2.45, 2.75) is 59.9 Å². The predicted octanol–water partition coefficient (Wildman–Crippen LogP) is 3.60. The number of primary amides is 1. The highest BCUT2D eigenvalue weighted by Crippen LogP contribution is 2.29. The van der Waals surface area contributed by atoms with Gasteiger partial charge in [-0.2, -0.15) is 0 Å². The second-order valence-corrected chi connectivity index (χ2v) is 8.70. The first-order valence-electron chi connectivity index (χ1n) is 10.7. The van der Waals surface area contributed by atoms with Crippen molar-refractivity contribution in [1.82, 2.24) is 4.90 Å². The van der Waals surface area contributed by atoms with E-state index in [4.69, 9.17) is 5.73 Å². The molecule has 0 aliphatic carbocycles. The maximum absolute atomic E-state index is 13.4. The van der Waals surface area contributed by atoms with Crippen LogP contribution in [0, 0.1) is 24.7 Å². The molecule has 2 unspecified atom stereocenters. The van der Waals surface area contributed by atoms with Crippen molar-refractivity contribution in [2.24, 2.45) is 23.5 Å². The number of anilines is 1. The summed E-state index contributed by atoms with van der Waals surface area (Å²) in [6.45, 7) is 12.7. The molecule has 0 spiro atoms. The van der Waals surface area contributed by atoms with Crippen LogP contribution in [-0.4, -0.2) is 42.4 Å². The normalized spacial score (nSPS) is 19.6. The Balaban J connectivity index is 2.13. The zero-order valence-electron chi connectivity index (χ0n) is 18.1. The first kappa shape index (κ1) is 22.3. The molecule has 0 aromatic heterocycles. The Labute approximate surface area is 170 Å². The van der Waals surface area contributed by atoms with Crippen molar-refractivity contribution >= 4 is 17.5 Å². The number of aryl methyl sites for hydroxylation is 1. The van der Waals surface area contributed by atoms with E-state index in [1.54, 1.807) is 0 Å². The van der Waals surface area contributed by atoms with E-state index in [9.17, 15) is 9.59 Å². The highest BCUT2D eigenvalue weighted by Gasteiger charge is 2.37. The summed E-state index contributed by atoms with van der Waals surface area (Å²) in [5.41, 5.74) is 8.13. The minimum atomic E-state index is -0.370. The molecular formula is C23H37N3O2. The van der Waals surface area contributed by atoms with Gasteiger partial charge in [-0.05, 0) is 44.7 Å². The minimum Gasteiger partial charge on any atom is -0.369 e. The SMILES string of the molecule is CCCC(C(N)=O)C(CC(C)C)C(=O)N1CCN(c2ccc(C)cc2)[C@H](C)C1. The second-order valence-electron chi connectivity index (χ2n) is 8.70. The summed E-state index contributed by atoms with van der Waals surface area (Å²) in [6, 6.07) is 8.78. The summed E-state index contributed by atoms with van der Waals surface area (Å²) in [4.78, 5) is 29.8. The molecule has 28 heavy (non-hydrogen) atoms. The van der Waals surface area contributed by atoms with E-state index < -0.39 is 0 Å². The average molecular weight is 388 g/mol. The van der Waals surface area contributed by atoms with Crippen LogP contribution in [0.25, 0.3) is 0 Å². The highest BCUT2D eigenvalue weighted by molar-refractivity contribution is 5.87. The molecule has 5 nitrogen and oxygen atoms in total. The Morgan fingerprint density at radius 2 is 1.79 bits per heavy atom. The van der Waals surface area contributed by atoms with Crippen LogP contribution in [-0.2, 0) is 9.59 Å². The molecule has 1 heterocycles. The molecule has 156 valence electrons. The molecule has 3 atom stereocenters. The van der Waals surface area contributed by atoms with E-state index in [-0.39, 0.29) is 29.7 Å². The van der Waals surface area contributed by atoms with Crippen LogP contribution in [0.1, 0.15) is 52.5 Å². The van der Waals surface area contributed by atoms with Crippen LogP contribution in [0.2, 0.25) is 0 Å². The molecular weight excluding hydrogens is 350 g/mol. The zero-order chi connectivity index (χ0) is 20.8. The summed E-state index contributed by atoms with van der Waals surface area (Å²) in [7, 11) is 0. The third-order valence-corrected chi connectivity index (χ3v) is 5.80. The Hall–Kier alpha value is -2.04. The Bertz CT molecular complexity index is 656. The summed E-state index contributed by atoms with van der Waals surface area (Å²) in [5.74, 6) is -0.576. The van der Waals surface area contributed by atoms with Crippen molar-refractivity contribution in [1.29, 1.82) is 0 Å². The molecule has 5 heteroatoms. The van der Waals surface area contributed by atoms with Gasteiger partial charge in [-0.3, -0.25) is 9.59 Å². The minimum absolute atomic E-state index is 0.0985. The van der Waals surface area contributed by atoms with Crippen molar-refractivity contribution in [2.75, 3.05) is 24.5 Å². The van der Waals surface area contributed by atoms with Crippen LogP contribution in [0.4, 0.5) is 5.69 Å². The fourth-order valence-electron chi connectivity index (χ4n) is 4.31. The molecule has 1 fully saturated rings. The zero-order valence-corrected chi connectivity index (χ0v) is 18.1. The second kappa shape index (κ2) is 9.94. The predicted molar refractivity (Wildman–Crippen MR) is 115 cm³/mol. The number of carbonyl (C=O) groups excluding carboxylic acids is 2. The lowest BCUT2D eigenvalue weighted by atomic mass is 9.81. The van der Waals surface area contributed by atoms with Crippen LogP contribution >= 0.6 is 0 Å². The van der Waals surface area contributed by atoms with Crippen molar-refractivity contribution < 1.29 is 9.59 Å². The molecule has 2 N–H and O–H groups in total. The van der Waals surface area contributed by atoms with Gasteiger partial charge >= 0.3 is 0 Å². The van der Waals surface area contributed by atoms with E-state index in [1.807, 2.05) is 11.8 Å². The van der Waals surface area contributed by atoms with Gasteiger partial charge < -0.3 is 15.5 Å². The van der Waals surface area contributed by atoms with Gasteiger partial charge in [-0.1, -0.05) is 44.9 Å². The molecule has 1 saturated heterocycles. The number of rotatable bonds is 8. The van der Waals surface area contributed by atoms with Crippen molar-refractivity contribution in [3.8, 4) is 0 Å². The average Bonchev–Trinajstić information content (AvgIpc) is 2.64. The largest absolute Gasteiger partial charge is 0.369 e. The first-order valence-corrected chi connectivity index (χ1v) is 10.7. The number of benzene rings is 1. The third-order valence-electron chi connectivity index (χ3n) is 5.80. The highest BCUT2D eigenvalue weighted by atomic mass is 16.2. The van der Waals surface area contributed by atoms with Gasteiger partial charge in [0, 0.05) is 43.2 Å². The molecule has 1 aromatic rings. The smallest absolute Gasteiger partial charge is 0.226 e. The fourth-order valence-corrected chi connectivity index (χ4v) is 4.31. The molecule has 0 radical (unpaired) electrons. The van der Waals surface area contributed by atoms with E-state index >= 15 is 0 Å². The standard InChI is InChI=1S/C23H37N3O2/c1-6-7-20(22(24)27)21(14-16(2)3)23(28)25-12-13-26(18(5)15-25)19-10-8-17(4)9-11-19/h8-11,16,18,20-21H,6-7,12-15H2,1-5H3,(H2,24,27)/t18-,20?,21?/m1/s1. The topological polar surface area (TPSA) is 66.6 Å². The molecule has 2 rings (SSSR count). The molecule has 1 aromatic carbocycles. The Morgan fingerprint density at radius 3 is 2.29 bits per heavy atom. The summed E-state index contributed by atoms with van der Waals surface area (Å²) in [6.07, 6.45) is 2.24. The number of nitrogens with two attached hydrogens (primary N) is 1. The molecule has 1 aliphatic rings. The number of hydrogen-bond acceptors (Lipinski definition) is 3. The summed E-state index contributed by atoms with van der Waals surface area (Å²) < 4.78 is 0.